The number of aromatic hydroxyl groups is 10. The van der Waals surface area contributed by atoms with E-state index in [1.165, 1.54) is 72.0 Å². The van der Waals surface area contributed by atoms with E-state index in [9.17, 15) is 148 Å². The average molecular weight is 1890 g/mol. The number of rotatable bonds is 27. The average Bonchev–Trinajstić information content (AvgIpc) is 0.885. The Morgan fingerprint density at radius 2 is 0.912 bits per heavy atom. The lowest BCUT2D eigenvalue weighted by atomic mass is 9.96. The highest BCUT2D eigenvalue weighted by molar-refractivity contribution is 7.15. The molecule has 0 spiro atoms. The minimum absolute atomic E-state index is 0.0143. The molecule has 46 heteroatoms. The molecule has 0 radical (unpaired) electrons. The predicted octanol–water partition coefficient (Wildman–Crippen LogP) is 15.6. The monoisotopic (exact) mass is 1890 g/mol. The molecule has 42 nitrogen and oxygen atoms in total. The molecular weight excluding hydrogens is 1820 g/mol. The number of carbonyl (C=O) groups excluding carboxylic acids is 4. The van der Waals surface area contributed by atoms with Gasteiger partial charge in [0, 0.05) is 96.8 Å². The summed E-state index contributed by atoms with van der Waals surface area (Å²) in [6.45, 7) is 3.36. The first-order chi connectivity index (χ1) is 64.2. The molecule has 700 valence electrons. The van der Waals surface area contributed by atoms with Crippen LogP contribution in [0.5, 0.6) is 57.5 Å². The Morgan fingerprint density at radius 1 is 0.412 bits per heavy atom. The molecule has 0 saturated heterocycles. The zero-order chi connectivity index (χ0) is 99.9. The van der Waals surface area contributed by atoms with Crippen LogP contribution in [0.4, 0.5) is 64.5 Å². The van der Waals surface area contributed by atoms with Crippen molar-refractivity contribution in [3.8, 4) is 101 Å². The number of aryl methyl sites for hydroxylation is 3. The second kappa shape index (κ2) is 45.0. The third kappa shape index (κ3) is 27.6. The summed E-state index contributed by atoms with van der Waals surface area (Å²) in [5, 5.41) is 188. The highest BCUT2D eigenvalue weighted by Gasteiger charge is 2.34. The fraction of sp³-hybridized carbons (Fsp3) is 0.111. The molecule has 13 rings (SSSR count). The zero-order valence-corrected chi connectivity index (χ0v) is 70.9. The first-order valence-electron chi connectivity index (χ1n) is 38.9. The Balaban J connectivity index is 0.000000191. The van der Waals surface area contributed by atoms with Gasteiger partial charge in [-0.05, 0) is 127 Å². The minimum atomic E-state index is -4.52. The van der Waals surface area contributed by atoms with Crippen LogP contribution in [0.2, 0.25) is 0 Å². The molecular formula is C90H73F3N12O30S. The molecule has 0 aliphatic heterocycles. The third-order valence-corrected chi connectivity index (χ3v) is 20.2. The number of benzene rings is 10. The Kier molecular flexibility index (Phi) is 33.4. The van der Waals surface area contributed by atoms with Crippen LogP contribution in [0, 0.1) is 64.4 Å². The fourth-order valence-electron chi connectivity index (χ4n) is 12.7. The number of nitrogens with zero attached hydrogens (tertiary/aromatic N) is 8. The Labute approximate surface area is 765 Å². The molecule has 0 atom stereocenters. The number of non-ortho nitro benzene ring substituents is 1. The molecule has 4 amide bonds. The van der Waals surface area contributed by atoms with Gasteiger partial charge in [0.15, 0.2) is 57.5 Å². The fourth-order valence-corrected chi connectivity index (χ4v) is 13.8. The summed E-state index contributed by atoms with van der Waals surface area (Å²) in [6.07, 6.45) is -1.48. The van der Waals surface area contributed by atoms with Crippen LogP contribution < -0.4 is 21.3 Å². The highest BCUT2D eigenvalue weighted by Crippen LogP contribution is 2.44. The number of hydrogen-bond acceptors (Lipinski definition) is 31. The topological polar surface area (TPSA) is 685 Å². The molecule has 0 aliphatic rings. The summed E-state index contributed by atoms with van der Waals surface area (Å²) in [5.41, 5.74) is 1.63. The van der Waals surface area contributed by atoms with Gasteiger partial charge in [-0.2, -0.15) is 13.2 Å². The van der Waals surface area contributed by atoms with E-state index in [1.807, 2.05) is 0 Å². The van der Waals surface area contributed by atoms with Crippen LogP contribution in [-0.4, -0.2) is 147 Å². The van der Waals surface area contributed by atoms with Crippen LogP contribution >= 0.6 is 11.3 Å². The van der Waals surface area contributed by atoms with Gasteiger partial charge in [0.25, 0.3) is 28.4 Å². The van der Waals surface area contributed by atoms with Crippen LogP contribution in [0.1, 0.15) is 66.4 Å². The molecule has 3 aromatic heterocycles. The van der Waals surface area contributed by atoms with Gasteiger partial charge in [-0.1, -0.05) is 84.9 Å². The zero-order valence-electron chi connectivity index (χ0n) is 70.1. The summed E-state index contributed by atoms with van der Waals surface area (Å²) in [5.74, 6) is -10.6. The van der Waals surface area contributed by atoms with Crippen molar-refractivity contribution in [3.63, 3.8) is 0 Å². The second-order valence-electron chi connectivity index (χ2n) is 28.8. The van der Waals surface area contributed by atoms with E-state index in [0.29, 0.717) is 61.1 Å². The van der Waals surface area contributed by atoms with E-state index >= 15 is 0 Å². The Hall–Kier alpha value is -18.8. The van der Waals surface area contributed by atoms with Crippen LogP contribution in [0.3, 0.4) is 0 Å². The normalized spacial score (nSPS) is 10.6. The molecule has 0 unspecified atom stereocenters. The van der Waals surface area contributed by atoms with Crippen molar-refractivity contribution in [2.75, 3.05) is 21.3 Å². The van der Waals surface area contributed by atoms with Gasteiger partial charge in [-0.15, -0.1) is 11.3 Å². The Morgan fingerprint density at radius 3 is 1.43 bits per heavy atom. The van der Waals surface area contributed by atoms with Crippen molar-refractivity contribution in [2.24, 2.45) is 0 Å². The number of hydrogen-bond donors (Lipinski definition) is 17. The maximum Gasteiger partial charge on any atom is 0.417 e. The first kappa shape index (κ1) is 101. The number of aliphatic carboxylic acids is 2. The summed E-state index contributed by atoms with van der Waals surface area (Å²) in [4.78, 5) is 147. The van der Waals surface area contributed by atoms with Crippen molar-refractivity contribution in [1.82, 2.24) is 15.0 Å². The van der Waals surface area contributed by atoms with Crippen molar-refractivity contribution in [3.05, 3.63) is 325 Å². The summed E-state index contributed by atoms with van der Waals surface area (Å²) in [6, 6.07) is 44.1. The number of carbonyl (C=O) groups is 7. The number of nitrogens with one attached hydrogen (secondary N) is 4. The number of nitro groups is 5. The number of thiophene rings is 1. The number of anilines is 4. The van der Waals surface area contributed by atoms with E-state index in [0.717, 1.165) is 71.6 Å². The minimum Gasteiger partial charge on any atom is -0.504 e. The lowest BCUT2D eigenvalue weighted by Crippen LogP contribution is -2.17. The number of aromatic nitrogens is 3. The smallest absolute Gasteiger partial charge is 0.417 e. The van der Waals surface area contributed by atoms with Gasteiger partial charge in [-0.25, -0.2) is 14.8 Å². The van der Waals surface area contributed by atoms with Gasteiger partial charge in [0.05, 0.1) is 104 Å². The maximum absolute atomic E-state index is 13.2. The van der Waals surface area contributed by atoms with Crippen molar-refractivity contribution in [1.29, 1.82) is 0 Å². The van der Waals surface area contributed by atoms with E-state index in [-0.39, 0.29) is 76.0 Å². The van der Waals surface area contributed by atoms with E-state index in [2.05, 4.69) is 36.2 Å². The molecule has 0 aliphatic carbocycles. The number of alkyl halides is 3. The van der Waals surface area contributed by atoms with Gasteiger partial charge in [-0.3, -0.25) is 84.3 Å². The number of nitro benzene ring substituents is 5. The number of carboxylic acid groups (broad SMARTS) is 3. The van der Waals surface area contributed by atoms with E-state index in [4.69, 9.17) is 15.3 Å². The SMILES string of the molecule is Cc1ccc(C(=O)O)cc1NC(=O)CCc1cc([N+](=O)[O-])cc(O)c1O.Cc1ncc(-c2cccnc2)c(NC(=O)Cc2cc(O)c(O)cc2[N+](=O)[O-])n1.O=C(O)Cc1ccc(-c2ccccc2NC(=O)Cc2cc(O)c(O)cc2[N+](=O)[O-])s1.O=C(O)Cc1cccc(NC(=O)Cc2cc(O)c(O)cc2[N+](=O)[O-])c1.O=[N+]([O-])c1cc(O)c(O)cc1-c1ccc(-c2ccccc2C(F)(F)F)cc1. The maximum atomic E-state index is 13.2. The molecule has 13 aromatic rings. The molecule has 17 N–H and O–H groups in total. The quantitative estimate of drug-likeness (QED) is 0.0129. The van der Waals surface area contributed by atoms with Crippen LogP contribution in [-0.2, 0) is 73.5 Å². The number of pyridine rings is 1. The number of phenols is 10. The Bertz CT molecular complexity index is 6830. The third-order valence-electron chi connectivity index (χ3n) is 19.1. The van der Waals surface area contributed by atoms with Gasteiger partial charge < -0.3 is 87.7 Å². The standard InChI is InChI=1S/C20H16N2O7S.C19H12F3NO4.C18H15N5O5.C17H16N2O7.C16H14N2O7/c23-16-7-11(15(22(28)29)10-17(16)24)8-19(25)21-14-4-2-1-3-13(14)18-6-5-12(30-18)9-20(26)27;20-19(21,22)15-4-2-1-3-13(15)11-5-7-12(8-6-11)14-9-17(24)18(25)10-16(14)23(26)27;1-10-20-9-13(11-3-2-4-19-8-11)18(21-10)22-17(26)6-12-5-15(24)16(25)7-14(12)23(27)28;1-9-2-3-11(17(23)24)7-13(9)18-15(21)5-4-10-6-12(19(25)26)8-14(20)16(10)22;19-13-6-10(12(18(24)25)8-14(13)20)7-15(21)17-11-3-1-2-9(4-11)5-16(22)23/h1-7,10,23-24H,8-9H2,(H,21,25)(H,26,27);1-10,24-25H;2-5,7-9,24-25H,6H2,1H3,(H,20,21,22,26);2-3,6-8,20,22H,4-5H2,1H3,(H,18,21)(H,23,24);1-4,6,8,19-20H,5,7H2,(H,17,21)(H,22,23). The second-order valence-corrected chi connectivity index (χ2v) is 29.9. The number of para-hydroxylation sites is 1. The summed E-state index contributed by atoms with van der Waals surface area (Å²) < 4.78 is 39.5. The number of amides is 4. The van der Waals surface area contributed by atoms with Gasteiger partial charge in [0.2, 0.25) is 23.6 Å². The number of carboxylic acids is 3. The molecule has 3 heterocycles. The van der Waals surface area contributed by atoms with Crippen molar-refractivity contribution >= 4 is 104 Å². The highest BCUT2D eigenvalue weighted by atomic mass is 32.1. The van der Waals surface area contributed by atoms with Crippen LogP contribution in [0.15, 0.2) is 219 Å². The summed E-state index contributed by atoms with van der Waals surface area (Å²) >= 11 is 1.29. The number of halogens is 3. The molecule has 0 saturated carbocycles. The lowest BCUT2D eigenvalue weighted by molar-refractivity contribution is -0.385. The van der Waals surface area contributed by atoms with E-state index < -0.39 is 183 Å². The van der Waals surface area contributed by atoms with Crippen molar-refractivity contribution in [2.45, 2.75) is 65.0 Å². The molecule has 136 heavy (non-hydrogen) atoms. The summed E-state index contributed by atoms with van der Waals surface area (Å²) in [7, 11) is 0. The van der Waals surface area contributed by atoms with Crippen LogP contribution in [0.25, 0.3) is 43.8 Å². The molecule has 0 fully saturated rings. The lowest BCUT2D eigenvalue weighted by Gasteiger charge is -2.13. The molecule has 0 bridgehead atoms. The van der Waals surface area contributed by atoms with Gasteiger partial charge in [0.1, 0.15) is 11.6 Å². The van der Waals surface area contributed by atoms with E-state index in [1.54, 1.807) is 105 Å². The largest absolute Gasteiger partial charge is 0.504 e. The molecule has 10 aromatic carbocycles. The number of phenolic OH excluding ortho intramolecular Hbond substituents is 10. The first-order valence-corrected chi connectivity index (χ1v) is 39.8. The van der Waals surface area contributed by atoms with Crippen molar-refractivity contribution < 1.29 is 138 Å². The predicted molar refractivity (Wildman–Crippen MR) is 479 cm³/mol. The number of aromatic carboxylic acids is 1. The van der Waals surface area contributed by atoms with Gasteiger partial charge >= 0.3 is 24.1 Å².